The van der Waals surface area contributed by atoms with Gasteiger partial charge in [-0.25, -0.2) is 0 Å². The summed E-state index contributed by atoms with van der Waals surface area (Å²) in [6.45, 7) is 10.4. The van der Waals surface area contributed by atoms with Crippen LogP contribution in [0.15, 0.2) is 11.4 Å². The Morgan fingerprint density at radius 3 is 2.48 bits per heavy atom. The molecule has 0 radical (unpaired) electrons. The zero-order valence-electron chi connectivity index (χ0n) is 13.6. The van der Waals surface area contributed by atoms with Gasteiger partial charge in [-0.3, -0.25) is 4.90 Å². The van der Waals surface area contributed by atoms with Crippen LogP contribution in [-0.4, -0.2) is 30.1 Å². The van der Waals surface area contributed by atoms with Gasteiger partial charge < -0.3 is 5.32 Å². The van der Waals surface area contributed by atoms with Crippen molar-refractivity contribution in [1.29, 1.82) is 0 Å². The van der Waals surface area contributed by atoms with Gasteiger partial charge in [0.05, 0.1) is 11.1 Å². The molecule has 1 fully saturated rings. The number of hydrogen-bond acceptors (Lipinski definition) is 3. The Kier molecular flexibility index (Phi) is 6.54. The average Bonchev–Trinajstić information content (AvgIpc) is 2.71. The summed E-state index contributed by atoms with van der Waals surface area (Å²) in [4.78, 5) is 3.96. The van der Waals surface area contributed by atoms with Gasteiger partial charge in [0, 0.05) is 10.4 Å². The van der Waals surface area contributed by atoms with Crippen LogP contribution in [0.25, 0.3) is 0 Å². The topological polar surface area (TPSA) is 15.3 Å². The first kappa shape index (κ1) is 17.3. The molecule has 1 aliphatic heterocycles. The van der Waals surface area contributed by atoms with E-state index in [4.69, 9.17) is 11.6 Å². The third kappa shape index (κ3) is 4.22. The second kappa shape index (κ2) is 7.96. The Balaban J connectivity index is 2.22. The lowest BCUT2D eigenvalue weighted by molar-refractivity contribution is 0.0847. The molecule has 21 heavy (non-hydrogen) atoms. The maximum atomic E-state index is 6.44. The van der Waals surface area contributed by atoms with Crippen molar-refractivity contribution in [3.05, 3.63) is 21.3 Å². The molecule has 0 aliphatic carbocycles. The largest absolute Gasteiger partial charge is 0.308 e. The van der Waals surface area contributed by atoms with E-state index in [1.54, 1.807) is 11.3 Å². The highest BCUT2D eigenvalue weighted by Crippen LogP contribution is 2.38. The molecule has 2 heterocycles. The van der Waals surface area contributed by atoms with E-state index in [2.05, 4.69) is 36.4 Å². The molecule has 2 rings (SSSR count). The average molecular weight is 329 g/mol. The molecular formula is C17H29ClN2S. The summed E-state index contributed by atoms with van der Waals surface area (Å²) in [6.07, 6.45) is 6.54. The summed E-state index contributed by atoms with van der Waals surface area (Å²) in [7, 11) is 0. The first-order chi connectivity index (χ1) is 10.1. The highest BCUT2D eigenvalue weighted by molar-refractivity contribution is 7.10. The van der Waals surface area contributed by atoms with Crippen molar-refractivity contribution in [2.45, 2.75) is 64.5 Å². The summed E-state index contributed by atoms with van der Waals surface area (Å²) in [5, 5.41) is 6.78. The fourth-order valence-electron chi connectivity index (χ4n) is 3.29. The predicted molar refractivity (Wildman–Crippen MR) is 94.5 cm³/mol. The van der Waals surface area contributed by atoms with Gasteiger partial charge in [0.15, 0.2) is 0 Å². The molecule has 2 nitrogen and oxygen atoms in total. The summed E-state index contributed by atoms with van der Waals surface area (Å²) in [5.74, 6) is 0. The first-order valence-corrected chi connectivity index (χ1v) is 9.54. The van der Waals surface area contributed by atoms with Gasteiger partial charge in [-0.2, -0.15) is 0 Å². The minimum absolute atomic E-state index is 0.0913. The Morgan fingerprint density at radius 1 is 1.29 bits per heavy atom. The Morgan fingerprint density at radius 2 is 1.95 bits per heavy atom. The lowest BCUT2D eigenvalue weighted by atomic mass is 9.90. The Hall–Kier alpha value is -0.0900. The zero-order valence-corrected chi connectivity index (χ0v) is 15.2. The van der Waals surface area contributed by atoms with Gasteiger partial charge in [0.25, 0.3) is 0 Å². The van der Waals surface area contributed by atoms with E-state index in [-0.39, 0.29) is 5.54 Å². The number of halogens is 1. The van der Waals surface area contributed by atoms with Crippen LogP contribution in [0.2, 0.25) is 5.02 Å². The van der Waals surface area contributed by atoms with E-state index in [1.807, 2.05) is 6.07 Å². The lowest BCUT2D eigenvalue weighted by Gasteiger charge is -2.44. The van der Waals surface area contributed by atoms with Crippen molar-refractivity contribution in [2.75, 3.05) is 19.6 Å². The summed E-state index contributed by atoms with van der Waals surface area (Å²) in [5.41, 5.74) is 0.0913. The van der Waals surface area contributed by atoms with E-state index in [9.17, 15) is 0 Å². The van der Waals surface area contributed by atoms with Crippen LogP contribution in [0.1, 0.15) is 63.8 Å². The molecule has 4 heteroatoms. The molecular weight excluding hydrogens is 300 g/mol. The number of nitrogens with one attached hydrogen (secondary N) is 1. The standard InChI is InChI=1S/C17H29ClN2S/c1-4-10-19-16(15-14(18)9-13-21-15)17(2,3)20-11-7-5-6-8-12-20/h9,13,16,19H,4-8,10-12H2,1-3H3. The van der Waals surface area contributed by atoms with E-state index < -0.39 is 0 Å². The van der Waals surface area contributed by atoms with Crippen LogP contribution < -0.4 is 5.32 Å². The number of nitrogens with zero attached hydrogens (tertiary/aromatic N) is 1. The first-order valence-electron chi connectivity index (χ1n) is 8.28. The second-order valence-electron chi connectivity index (χ2n) is 6.57. The molecule has 0 bridgehead atoms. The van der Waals surface area contributed by atoms with Gasteiger partial charge in [0.2, 0.25) is 0 Å². The Bertz CT molecular complexity index is 422. The van der Waals surface area contributed by atoms with E-state index in [0.717, 1.165) is 18.0 Å². The fraction of sp³-hybridized carbons (Fsp3) is 0.765. The molecule has 0 spiro atoms. The summed E-state index contributed by atoms with van der Waals surface area (Å²) < 4.78 is 0. The van der Waals surface area contributed by atoms with E-state index in [1.165, 1.54) is 43.6 Å². The van der Waals surface area contributed by atoms with Gasteiger partial charge in [-0.1, -0.05) is 31.4 Å². The number of likely N-dealkylation sites (tertiary alicyclic amines) is 1. The van der Waals surface area contributed by atoms with E-state index >= 15 is 0 Å². The molecule has 1 saturated heterocycles. The smallest absolute Gasteiger partial charge is 0.0611 e. The minimum atomic E-state index is 0.0913. The van der Waals surface area contributed by atoms with Crippen LogP contribution in [0.4, 0.5) is 0 Å². The van der Waals surface area contributed by atoms with Crippen molar-refractivity contribution in [2.24, 2.45) is 0 Å². The SMILES string of the molecule is CCCNC(c1sccc1Cl)C(C)(C)N1CCCCCC1. The van der Waals surface area contributed by atoms with Gasteiger partial charge >= 0.3 is 0 Å². The molecule has 0 aromatic carbocycles. The maximum absolute atomic E-state index is 6.44. The van der Waals surface area contributed by atoms with Crippen molar-refractivity contribution in [3.63, 3.8) is 0 Å². The highest BCUT2D eigenvalue weighted by atomic mass is 35.5. The van der Waals surface area contributed by atoms with E-state index in [0.29, 0.717) is 6.04 Å². The molecule has 1 aliphatic rings. The zero-order chi connectivity index (χ0) is 15.3. The molecule has 120 valence electrons. The van der Waals surface area contributed by atoms with Gasteiger partial charge in [0.1, 0.15) is 0 Å². The lowest BCUT2D eigenvalue weighted by Crippen LogP contribution is -2.53. The normalized spacial score (nSPS) is 19.4. The van der Waals surface area contributed by atoms with Crippen molar-refractivity contribution < 1.29 is 0 Å². The van der Waals surface area contributed by atoms with Crippen LogP contribution in [0.3, 0.4) is 0 Å². The monoisotopic (exact) mass is 328 g/mol. The number of rotatable bonds is 6. The predicted octanol–water partition coefficient (Wildman–Crippen LogP) is 5.10. The molecule has 1 N–H and O–H groups in total. The summed E-state index contributed by atoms with van der Waals surface area (Å²) >= 11 is 8.23. The number of hydrogen-bond donors (Lipinski definition) is 1. The van der Waals surface area contributed by atoms with Crippen LogP contribution in [0, 0.1) is 0 Å². The highest BCUT2D eigenvalue weighted by Gasteiger charge is 2.37. The van der Waals surface area contributed by atoms with Gasteiger partial charge in [-0.05, 0) is 64.2 Å². The third-order valence-corrected chi connectivity index (χ3v) is 6.06. The Labute approximate surface area is 138 Å². The van der Waals surface area contributed by atoms with Crippen molar-refractivity contribution in [1.82, 2.24) is 10.2 Å². The van der Waals surface area contributed by atoms with Crippen LogP contribution in [0.5, 0.6) is 0 Å². The summed E-state index contributed by atoms with van der Waals surface area (Å²) in [6, 6.07) is 2.34. The molecule has 0 amide bonds. The van der Waals surface area contributed by atoms with Crippen molar-refractivity contribution >= 4 is 22.9 Å². The molecule has 1 aromatic heterocycles. The second-order valence-corrected chi connectivity index (χ2v) is 7.93. The number of thiophene rings is 1. The minimum Gasteiger partial charge on any atom is -0.308 e. The quantitative estimate of drug-likeness (QED) is 0.781. The molecule has 1 unspecified atom stereocenters. The van der Waals surface area contributed by atoms with Crippen LogP contribution >= 0.6 is 22.9 Å². The van der Waals surface area contributed by atoms with Crippen molar-refractivity contribution in [3.8, 4) is 0 Å². The molecule has 0 saturated carbocycles. The van der Waals surface area contributed by atoms with Gasteiger partial charge in [-0.15, -0.1) is 11.3 Å². The molecule has 1 aromatic rings. The fourth-order valence-corrected chi connectivity index (χ4v) is 4.71. The maximum Gasteiger partial charge on any atom is 0.0611 e. The third-order valence-electron chi connectivity index (χ3n) is 4.63. The molecule has 1 atom stereocenters. The van der Waals surface area contributed by atoms with Crippen LogP contribution in [-0.2, 0) is 0 Å².